The number of thioether (sulfide) groups is 1. The highest BCUT2D eigenvalue weighted by atomic mass is 35.5. The lowest BCUT2D eigenvalue weighted by Gasteiger charge is -2.29. The van der Waals surface area contributed by atoms with Gasteiger partial charge >= 0.3 is 0 Å². The van der Waals surface area contributed by atoms with Gasteiger partial charge in [0, 0.05) is 37.3 Å². The number of carbonyl (C=O) groups is 1. The van der Waals surface area contributed by atoms with Crippen molar-refractivity contribution in [3.05, 3.63) is 46.5 Å². The van der Waals surface area contributed by atoms with Gasteiger partial charge in [-0.1, -0.05) is 47.6 Å². The molecular formula is C17H20ClN3O2S. The Bertz CT molecular complexity index is 692. The number of aliphatic hydroxyl groups is 1. The van der Waals surface area contributed by atoms with E-state index in [2.05, 4.69) is 16.1 Å². The van der Waals surface area contributed by atoms with Crippen LogP contribution in [-0.2, 0) is 4.79 Å². The van der Waals surface area contributed by atoms with Crippen molar-refractivity contribution in [1.29, 1.82) is 0 Å². The number of halogens is 1. The van der Waals surface area contributed by atoms with Crippen LogP contribution >= 0.6 is 23.4 Å². The minimum absolute atomic E-state index is 0.0321. The maximum Gasteiger partial charge on any atom is 0.252 e. The summed E-state index contributed by atoms with van der Waals surface area (Å²) < 4.78 is 0. The fourth-order valence-corrected chi connectivity index (χ4v) is 4.02. The van der Waals surface area contributed by atoms with Gasteiger partial charge in [-0.05, 0) is 18.1 Å². The van der Waals surface area contributed by atoms with Crippen molar-refractivity contribution in [2.75, 3.05) is 32.4 Å². The molecule has 0 saturated carbocycles. The molecule has 2 aliphatic rings. The first-order chi connectivity index (χ1) is 11.5. The van der Waals surface area contributed by atoms with Gasteiger partial charge in [0.1, 0.15) is 5.04 Å². The van der Waals surface area contributed by atoms with Crippen LogP contribution in [0.3, 0.4) is 0 Å². The lowest BCUT2D eigenvalue weighted by molar-refractivity contribution is -0.127. The summed E-state index contributed by atoms with van der Waals surface area (Å²) in [7, 11) is 1.69. The minimum Gasteiger partial charge on any atom is -0.387 e. The van der Waals surface area contributed by atoms with Gasteiger partial charge in [-0.25, -0.2) is 5.01 Å². The summed E-state index contributed by atoms with van der Waals surface area (Å²) in [6, 6.07) is 7.40. The number of hydrogen-bond acceptors (Lipinski definition) is 5. The normalized spacial score (nSPS) is 20.6. The Morgan fingerprint density at radius 3 is 2.88 bits per heavy atom. The van der Waals surface area contributed by atoms with Crippen LogP contribution in [0.25, 0.3) is 0 Å². The van der Waals surface area contributed by atoms with Gasteiger partial charge in [0.05, 0.1) is 11.9 Å². The zero-order valence-electron chi connectivity index (χ0n) is 13.5. The Morgan fingerprint density at radius 2 is 2.21 bits per heavy atom. The van der Waals surface area contributed by atoms with Crippen molar-refractivity contribution in [2.45, 2.75) is 12.5 Å². The van der Waals surface area contributed by atoms with Gasteiger partial charge in [-0.3, -0.25) is 9.69 Å². The van der Waals surface area contributed by atoms with Gasteiger partial charge in [-0.15, -0.1) is 0 Å². The third-order valence-corrected chi connectivity index (χ3v) is 5.55. The molecule has 5 nitrogen and oxygen atoms in total. The first-order valence-corrected chi connectivity index (χ1v) is 9.23. The molecule has 1 aromatic rings. The van der Waals surface area contributed by atoms with E-state index < -0.39 is 6.10 Å². The first-order valence-electron chi connectivity index (χ1n) is 7.87. The molecule has 128 valence electrons. The molecule has 1 unspecified atom stereocenters. The van der Waals surface area contributed by atoms with E-state index >= 15 is 0 Å². The summed E-state index contributed by atoms with van der Waals surface area (Å²) in [5.74, 6) is 0.478. The van der Waals surface area contributed by atoms with Crippen molar-refractivity contribution in [3.63, 3.8) is 0 Å². The van der Waals surface area contributed by atoms with Crippen LogP contribution in [0.2, 0.25) is 5.02 Å². The highest BCUT2D eigenvalue weighted by Crippen LogP contribution is 2.26. The van der Waals surface area contributed by atoms with Crippen LogP contribution < -0.4 is 0 Å². The third kappa shape index (κ3) is 4.00. The van der Waals surface area contributed by atoms with Crippen LogP contribution in [0.4, 0.5) is 0 Å². The fourth-order valence-electron chi connectivity index (χ4n) is 2.76. The average Bonchev–Trinajstić information content (AvgIpc) is 2.58. The number of nitrogens with zero attached hydrogens (tertiary/aromatic N) is 3. The number of rotatable bonds is 4. The number of amides is 1. The van der Waals surface area contributed by atoms with Gasteiger partial charge in [-0.2, -0.15) is 5.10 Å². The molecule has 0 fully saturated rings. The molecule has 24 heavy (non-hydrogen) atoms. The Hall–Kier alpha value is -1.34. The molecule has 0 saturated heterocycles. The monoisotopic (exact) mass is 365 g/mol. The highest BCUT2D eigenvalue weighted by molar-refractivity contribution is 8.15. The second-order valence-electron chi connectivity index (χ2n) is 5.89. The Morgan fingerprint density at radius 1 is 1.42 bits per heavy atom. The zero-order valence-corrected chi connectivity index (χ0v) is 15.1. The SMILES string of the molecule is CN1N=C(C2=CCN(CC(O)c3ccccc3Cl)CC2)SCC1=O. The van der Waals surface area contributed by atoms with Crippen molar-refractivity contribution in [1.82, 2.24) is 9.91 Å². The zero-order chi connectivity index (χ0) is 17.1. The van der Waals surface area contributed by atoms with E-state index in [1.54, 1.807) is 13.1 Å². The maximum absolute atomic E-state index is 11.5. The molecule has 2 aliphatic heterocycles. The molecule has 1 aromatic carbocycles. The standard InChI is InChI=1S/C17H20ClN3O2S/c1-20-16(23)11-24-17(19-20)12-6-8-21(9-7-12)10-15(22)13-4-2-3-5-14(13)18/h2-6,15,22H,7-11H2,1H3. The molecule has 0 aromatic heterocycles. The second kappa shape index (κ2) is 7.70. The lowest BCUT2D eigenvalue weighted by Crippen LogP contribution is -2.35. The smallest absolute Gasteiger partial charge is 0.252 e. The van der Waals surface area contributed by atoms with E-state index in [9.17, 15) is 9.90 Å². The Labute approximate surface area is 151 Å². The van der Waals surface area contributed by atoms with Crippen molar-refractivity contribution in [2.24, 2.45) is 5.10 Å². The molecule has 0 bridgehead atoms. The number of β-amino-alcohol motifs (C(OH)–C–C–N with tert-alkyl or cyclic N) is 1. The van der Waals surface area contributed by atoms with E-state index in [0.717, 1.165) is 30.1 Å². The van der Waals surface area contributed by atoms with Gasteiger partial charge in [0.25, 0.3) is 5.91 Å². The second-order valence-corrected chi connectivity index (χ2v) is 7.26. The molecule has 7 heteroatoms. The summed E-state index contributed by atoms with van der Waals surface area (Å²) in [5, 5.41) is 17.7. The predicted molar refractivity (Wildman–Crippen MR) is 98.2 cm³/mol. The van der Waals surface area contributed by atoms with Gasteiger partial charge in [0.15, 0.2) is 0 Å². The molecule has 1 atom stereocenters. The fraction of sp³-hybridized carbons (Fsp3) is 0.412. The van der Waals surface area contributed by atoms with E-state index in [-0.39, 0.29) is 5.91 Å². The van der Waals surface area contributed by atoms with Crippen LogP contribution in [-0.4, -0.2) is 58.4 Å². The number of hydrazone groups is 1. The molecule has 3 rings (SSSR count). The van der Waals surface area contributed by atoms with E-state index in [1.165, 1.54) is 22.3 Å². The van der Waals surface area contributed by atoms with Gasteiger partial charge in [0.2, 0.25) is 0 Å². The minimum atomic E-state index is -0.598. The number of aliphatic hydroxyl groups excluding tert-OH is 1. The molecule has 1 amide bonds. The van der Waals surface area contributed by atoms with E-state index in [4.69, 9.17) is 11.6 Å². The topological polar surface area (TPSA) is 56.1 Å². The lowest BCUT2D eigenvalue weighted by atomic mass is 10.1. The van der Waals surface area contributed by atoms with Crippen LogP contribution in [0.15, 0.2) is 41.0 Å². The average molecular weight is 366 g/mol. The van der Waals surface area contributed by atoms with E-state index in [1.807, 2.05) is 18.2 Å². The highest BCUT2D eigenvalue weighted by Gasteiger charge is 2.24. The quantitative estimate of drug-likeness (QED) is 0.890. The predicted octanol–water partition coefficient (Wildman–Crippen LogP) is 2.52. The maximum atomic E-state index is 11.5. The molecular weight excluding hydrogens is 346 g/mol. The summed E-state index contributed by atoms with van der Waals surface area (Å²) in [4.78, 5) is 13.7. The third-order valence-electron chi connectivity index (χ3n) is 4.20. The Kier molecular flexibility index (Phi) is 5.61. The van der Waals surface area contributed by atoms with E-state index in [0.29, 0.717) is 17.3 Å². The molecule has 0 radical (unpaired) electrons. The number of carbonyl (C=O) groups excluding carboxylic acids is 1. The molecule has 2 heterocycles. The number of hydrogen-bond donors (Lipinski definition) is 1. The van der Waals surface area contributed by atoms with Crippen molar-refractivity contribution < 1.29 is 9.90 Å². The summed E-state index contributed by atoms with van der Waals surface area (Å²) in [6.07, 6.45) is 2.40. The molecule has 0 spiro atoms. The van der Waals surface area contributed by atoms with Crippen molar-refractivity contribution in [3.8, 4) is 0 Å². The van der Waals surface area contributed by atoms with Crippen LogP contribution in [0.5, 0.6) is 0 Å². The summed E-state index contributed by atoms with van der Waals surface area (Å²) in [6.45, 7) is 2.16. The first kappa shape index (κ1) is 17.5. The van der Waals surface area contributed by atoms with Gasteiger partial charge < -0.3 is 5.11 Å². The summed E-state index contributed by atoms with van der Waals surface area (Å²) in [5.41, 5.74) is 1.95. The largest absolute Gasteiger partial charge is 0.387 e. The molecule has 1 N–H and O–H groups in total. The van der Waals surface area contributed by atoms with Crippen molar-refractivity contribution >= 4 is 34.3 Å². The van der Waals surface area contributed by atoms with Crippen LogP contribution in [0.1, 0.15) is 18.1 Å². The summed E-state index contributed by atoms with van der Waals surface area (Å²) >= 11 is 7.65. The van der Waals surface area contributed by atoms with Crippen LogP contribution in [0, 0.1) is 0 Å². The molecule has 0 aliphatic carbocycles. The number of benzene rings is 1. The Balaban J connectivity index is 1.60.